The third-order valence-corrected chi connectivity index (χ3v) is 4.35. The molecule has 0 spiro atoms. The summed E-state index contributed by atoms with van der Waals surface area (Å²) in [7, 11) is 0. The number of rotatable bonds is 2. The van der Waals surface area contributed by atoms with E-state index in [0.717, 1.165) is 36.5 Å². The second kappa shape index (κ2) is 6.05. The van der Waals surface area contributed by atoms with Gasteiger partial charge in [0.15, 0.2) is 0 Å². The number of aromatic nitrogens is 3. The van der Waals surface area contributed by atoms with Gasteiger partial charge in [-0.1, -0.05) is 26.8 Å². The highest BCUT2D eigenvalue weighted by molar-refractivity contribution is 9.10. The Balaban J connectivity index is 1.73. The molecule has 0 radical (unpaired) electrons. The maximum atomic E-state index is 4.78. The van der Waals surface area contributed by atoms with E-state index in [1.807, 2.05) is 18.5 Å². The fraction of sp³-hybridized carbons (Fsp3) is 0.471. The van der Waals surface area contributed by atoms with Crippen LogP contribution in [0.3, 0.4) is 0 Å². The quantitative estimate of drug-likeness (QED) is 0.768. The zero-order valence-electron chi connectivity index (χ0n) is 13.3. The lowest BCUT2D eigenvalue weighted by molar-refractivity contribution is 0.242. The van der Waals surface area contributed by atoms with Crippen molar-refractivity contribution in [2.75, 3.05) is 6.54 Å². The third-order valence-electron chi connectivity index (χ3n) is 3.88. The van der Waals surface area contributed by atoms with E-state index in [1.54, 1.807) is 0 Å². The normalized spacial score (nSPS) is 15.6. The van der Waals surface area contributed by atoms with E-state index in [9.17, 15) is 0 Å². The van der Waals surface area contributed by atoms with Crippen LogP contribution in [0, 0.1) is 0 Å². The maximum Gasteiger partial charge on any atom is 0.133 e. The van der Waals surface area contributed by atoms with E-state index in [2.05, 4.69) is 57.6 Å². The Morgan fingerprint density at radius 1 is 1.18 bits per heavy atom. The lowest BCUT2D eigenvalue weighted by Crippen LogP contribution is -2.32. The van der Waals surface area contributed by atoms with Crippen LogP contribution in [0.1, 0.15) is 43.4 Å². The molecular formula is C17H21BrN4. The Labute approximate surface area is 140 Å². The molecule has 2 aromatic heterocycles. The molecule has 3 rings (SSSR count). The van der Waals surface area contributed by atoms with Crippen molar-refractivity contribution in [3.05, 3.63) is 51.8 Å². The molecule has 0 saturated heterocycles. The van der Waals surface area contributed by atoms with Crippen LogP contribution < -0.4 is 0 Å². The summed E-state index contributed by atoms with van der Waals surface area (Å²) < 4.78 is 0.878. The van der Waals surface area contributed by atoms with Gasteiger partial charge in [-0.25, -0.2) is 15.0 Å². The molecule has 0 amide bonds. The molecule has 116 valence electrons. The number of nitrogens with zero attached hydrogens (tertiary/aromatic N) is 4. The van der Waals surface area contributed by atoms with E-state index in [1.165, 1.54) is 16.8 Å². The van der Waals surface area contributed by atoms with Crippen molar-refractivity contribution in [2.45, 2.75) is 45.7 Å². The number of halogens is 1. The first-order chi connectivity index (χ1) is 10.4. The first-order valence-corrected chi connectivity index (χ1v) is 8.39. The van der Waals surface area contributed by atoms with Crippen LogP contribution in [0.5, 0.6) is 0 Å². The third kappa shape index (κ3) is 3.52. The first kappa shape index (κ1) is 15.6. The largest absolute Gasteiger partial charge is 0.294 e. The average molecular weight is 361 g/mol. The molecule has 0 aliphatic carbocycles. The summed E-state index contributed by atoms with van der Waals surface area (Å²) in [4.78, 5) is 16.1. The minimum absolute atomic E-state index is 0.00919. The van der Waals surface area contributed by atoms with Gasteiger partial charge in [-0.15, -0.1) is 0 Å². The Bertz CT molecular complexity index is 661. The van der Waals surface area contributed by atoms with Crippen LogP contribution in [-0.2, 0) is 24.9 Å². The minimum atomic E-state index is 0.00919. The van der Waals surface area contributed by atoms with Gasteiger partial charge >= 0.3 is 0 Å². The monoisotopic (exact) mass is 360 g/mol. The molecule has 2 aromatic rings. The molecule has 3 heterocycles. The van der Waals surface area contributed by atoms with Crippen LogP contribution in [0.25, 0.3) is 0 Å². The van der Waals surface area contributed by atoms with E-state index >= 15 is 0 Å². The van der Waals surface area contributed by atoms with E-state index in [4.69, 9.17) is 4.98 Å². The Hall–Kier alpha value is -1.33. The number of hydrogen-bond donors (Lipinski definition) is 0. The van der Waals surface area contributed by atoms with Crippen molar-refractivity contribution >= 4 is 15.9 Å². The fourth-order valence-electron chi connectivity index (χ4n) is 2.63. The van der Waals surface area contributed by atoms with Gasteiger partial charge in [-0.2, -0.15) is 0 Å². The molecule has 4 nitrogen and oxygen atoms in total. The average Bonchev–Trinajstić information content (AvgIpc) is 2.48. The van der Waals surface area contributed by atoms with Gasteiger partial charge < -0.3 is 0 Å². The van der Waals surface area contributed by atoms with Crippen molar-refractivity contribution in [1.82, 2.24) is 19.9 Å². The van der Waals surface area contributed by atoms with Gasteiger partial charge in [0.25, 0.3) is 0 Å². The highest BCUT2D eigenvalue weighted by atomic mass is 79.9. The maximum absolute atomic E-state index is 4.78. The van der Waals surface area contributed by atoms with Crippen LogP contribution in [0.15, 0.2) is 29.1 Å². The SMILES string of the molecule is CC(C)(C)c1ncc2c(n1)CCN(Cc1ccc(Br)nc1)C2. The zero-order chi connectivity index (χ0) is 15.7. The van der Waals surface area contributed by atoms with E-state index < -0.39 is 0 Å². The molecule has 22 heavy (non-hydrogen) atoms. The predicted molar refractivity (Wildman–Crippen MR) is 90.5 cm³/mol. The molecule has 5 heteroatoms. The molecule has 0 saturated carbocycles. The summed E-state index contributed by atoms with van der Waals surface area (Å²) in [6.45, 7) is 9.33. The molecule has 1 aliphatic rings. The van der Waals surface area contributed by atoms with Gasteiger partial charge in [-0.3, -0.25) is 4.90 Å². The van der Waals surface area contributed by atoms with Crippen molar-refractivity contribution in [3.63, 3.8) is 0 Å². The smallest absolute Gasteiger partial charge is 0.133 e. The van der Waals surface area contributed by atoms with Crippen LogP contribution in [0.2, 0.25) is 0 Å². The van der Waals surface area contributed by atoms with Crippen LogP contribution >= 0.6 is 15.9 Å². The second-order valence-electron chi connectivity index (χ2n) is 6.87. The summed E-state index contributed by atoms with van der Waals surface area (Å²) >= 11 is 3.37. The standard InChI is InChI=1S/C17H21BrN4/c1-17(2,3)16-20-9-13-11-22(7-6-14(13)21-16)10-12-4-5-15(18)19-8-12/h4-5,8-9H,6-7,10-11H2,1-3H3. The summed E-state index contributed by atoms with van der Waals surface area (Å²) in [5.74, 6) is 0.941. The number of pyridine rings is 1. The Kier molecular flexibility index (Phi) is 4.28. The summed E-state index contributed by atoms with van der Waals surface area (Å²) in [6.07, 6.45) is 4.93. The predicted octanol–water partition coefficient (Wildman–Crippen LogP) is 3.49. The fourth-order valence-corrected chi connectivity index (χ4v) is 2.86. The van der Waals surface area contributed by atoms with Gasteiger partial charge in [0.05, 0.1) is 0 Å². The molecule has 0 aromatic carbocycles. The zero-order valence-corrected chi connectivity index (χ0v) is 14.9. The molecular weight excluding hydrogens is 340 g/mol. The number of fused-ring (bicyclic) bond motifs is 1. The van der Waals surface area contributed by atoms with Gasteiger partial charge in [0, 0.05) is 55.1 Å². The molecule has 0 bridgehead atoms. The lowest BCUT2D eigenvalue weighted by Gasteiger charge is -2.29. The Morgan fingerprint density at radius 2 is 2.00 bits per heavy atom. The highest BCUT2D eigenvalue weighted by Gasteiger charge is 2.22. The topological polar surface area (TPSA) is 41.9 Å². The van der Waals surface area contributed by atoms with Crippen LogP contribution in [-0.4, -0.2) is 26.4 Å². The number of hydrogen-bond acceptors (Lipinski definition) is 4. The Morgan fingerprint density at radius 3 is 2.68 bits per heavy atom. The van der Waals surface area contributed by atoms with Crippen molar-refractivity contribution in [3.8, 4) is 0 Å². The molecule has 0 atom stereocenters. The second-order valence-corrected chi connectivity index (χ2v) is 7.68. The van der Waals surface area contributed by atoms with Gasteiger partial charge in [-0.05, 0) is 27.6 Å². The first-order valence-electron chi connectivity index (χ1n) is 7.60. The van der Waals surface area contributed by atoms with Crippen LogP contribution in [0.4, 0.5) is 0 Å². The molecule has 0 N–H and O–H groups in total. The van der Waals surface area contributed by atoms with Crippen molar-refractivity contribution in [2.24, 2.45) is 0 Å². The van der Waals surface area contributed by atoms with Crippen molar-refractivity contribution in [1.29, 1.82) is 0 Å². The summed E-state index contributed by atoms with van der Waals surface area (Å²) in [6, 6.07) is 4.11. The van der Waals surface area contributed by atoms with Gasteiger partial charge in [0.2, 0.25) is 0 Å². The van der Waals surface area contributed by atoms with Crippen molar-refractivity contribution < 1.29 is 0 Å². The highest BCUT2D eigenvalue weighted by Crippen LogP contribution is 2.23. The molecule has 0 unspecified atom stereocenters. The minimum Gasteiger partial charge on any atom is -0.294 e. The van der Waals surface area contributed by atoms with E-state index in [-0.39, 0.29) is 5.41 Å². The lowest BCUT2D eigenvalue weighted by atomic mass is 9.95. The molecule has 0 fully saturated rings. The van der Waals surface area contributed by atoms with E-state index in [0.29, 0.717) is 0 Å². The summed E-state index contributed by atoms with van der Waals surface area (Å²) in [5, 5.41) is 0. The summed E-state index contributed by atoms with van der Waals surface area (Å²) in [5.41, 5.74) is 3.71. The van der Waals surface area contributed by atoms with Gasteiger partial charge in [0.1, 0.15) is 10.4 Å². The molecule has 1 aliphatic heterocycles.